The zero-order valence-corrected chi connectivity index (χ0v) is 8.99. The molecule has 2 rings (SSSR count). The molecule has 0 aliphatic heterocycles. The first-order valence-corrected chi connectivity index (χ1v) is 4.81. The molecule has 0 aliphatic carbocycles. The van der Waals surface area contributed by atoms with Gasteiger partial charge in [0.15, 0.2) is 0 Å². The number of amides is 1. The van der Waals surface area contributed by atoms with Crippen molar-refractivity contribution in [2.24, 2.45) is 0 Å². The highest BCUT2D eigenvalue weighted by Gasteiger charge is 2.12. The first kappa shape index (κ1) is 11.1. The summed E-state index contributed by atoms with van der Waals surface area (Å²) in [6, 6.07) is 4.12. The van der Waals surface area contributed by atoms with E-state index in [1.54, 1.807) is 13.0 Å². The van der Waals surface area contributed by atoms with Crippen LogP contribution in [0, 0.1) is 12.7 Å². The smallest absolute Gasteiger partial charge is 0.293 e. The molecule has 0 unspecified atom stereocenters. The molecule has 0 bridgehead atoms. The maximum atomic E-state index is 13.0. The largest absolute Gasteiger partial charge is 0.366 e. The minimum atomic E-state index is -0.525. The van der Waals surface area contributed by atoms with Crippen molar-refractivity contribution in [3.05, 3.63) is 35.4 Å². The third-order valence-corrected chi connectivity index (χ3v) is 2.17. The summed E-state index contributed by atoms with van der Waals surface area (Å²) in [5.74, 6) is -0.997. The molecule has 17 heavy (non-hydrogen) atoms. The molecule has 0 fully saturated rings. The van der Waals surface area contributed by atoms with E-state index in [1.807, 2.05) is 0 Å². The lowest BCUT2D eigenvalue weighted by Gasteiger charge is -2.06. The summed E-state index contributed by atoms with van der Waals surface area (Å²) in [6.45, 7) is 1.75. The van der Waals surface area contributed by atoms with E-state index in [4.69, 9.17) is 5.73 Å². The molecule has 0 atom stereocenters. The number of nitrogens with zero attached hydrogens (tertiary/aromatic N) is 2. The van der Waals surface area contributed by atoms with Crippen molar-refractivity contribution < 1.29 is 9.18 Å². The molecule has 4 N–H and O–H groups in total. The van der Waals surface area contributed by atoms with Crippen LogP contribution in [-0.2, 0) is 0 Å². The van der Waals surface area contributed by atoms with Crippen molar-refractivity contribution in [3.63, 3.8) is 0 Å². The molecular weight excluding hydrogens is 225 g/mol. The Bertz CT molecular complexity index is 566. The van der Waals surface area contributed by atoms with Crippen LogP contribution in [0.3, 0.4) is 0 Å². The quantitative estimate of drug-likeness (QED) is 0.725. The van der Waals surface area contributed by atoms with E-state index < -0.39 is 11.7 Å². The minimum Gasteiger partial charge on any atom is -0.366 e. The van der Waals surface area contributed by atoms with Gasteiger partial charge in [0.05, 0.1) is 0 Å². The van der Waals surface area contributed by atoms with Gasteiger partial charge in [0.25, 0.3) is 5.91 Å². The Hall–Kier alpha value is -2.44. The van der Waals surface area contributed by atoms with Crippen molar-refractivity contribution in [1.29, 1.82) is 0 Å². The third-order valence-electron chi connectivity index (χ3n) is 2.17. The number of halogens is 1. The fourth-order valence-electron chi connectivity index (χ4n) is 1.29. The summed E-state index contributed by atoms with van der Waals surface area (Å²) >= 11 is 0. The fraction of sp³-hybridized carbons (Fsp3) is 0.100. The zero-order valence-electron chi connectivity index (χ0n) is 8.99. The van der Waals surface area contributed by atoms with Crippen LogP contribution in [0.2, 0.25) is 0 Å². The van der Waals surface area contributed by atoms with E-state index in [1.165, 1.54) is 12.1 Å². The van der Waals surface area contributed by atoms with Crippen molar-refractivity contribution in [1.82, 2.24) is 15.2 Å². The monoisotopic (exact) mass is 235 g/mol. The number of carbonyl (C=O) groups excluding carboxylic acids is 1. The second-order valence-electron chi connectivity index (χ2n) is 3.46. The molecule has 1 amide bonds. The number of carbonyl (C=O) groups is 1. The second-order valence-corrected chi connectivity index (χ2v) is 3.46. The van der Waals surface area contributed by atoms with Crippen molar-refractivity contribution in [2.75, 3.05) is 11.1 Å². The Labute approximate surface area is 96.1 Å². The maximum Gasteiger partial charge on any atom is 0.293 e. The minimum absolute atomic E-state index is 0.0221. The second kappa shape index (κ2) is 4.20. The van der Waals surface area contributed by atoms with E-state index in [0.29, 0.717) is 5.69 Å². The summed E-state index contributed by atoms with van der Waals surface area (Å²) < 4.78 is 13.0. The van der Waals surface area contributed by atoms with Gasteiger partial charge in [-0.1, -0.05) is 6.07 Å². The summed E-state index contributed by atoms with van der Waals surface area (Å²) in [4.78, 5) is 15.3. The van der Waals surface area contributed by atoms with Gasteiger partial charge in [-0.25, -0.2) is 4.39 Å². The highest BCUT2D eigenvalue weighted by atomic mass is 19.1. The van der Waals surface area contributed by atoms with Gasteiger partial charge in [0.2, 0.25) is 11.8 Å². The summed E-state index contributed by atoms with van der Waals surface area (Å²) in [5, 5.41) is 8.41. The average molecular weight is 235 g/mol. The maximum absolute atomic E-state index is 13.0. The first-order valence-electron chi connectivity index (χ1n) is 4.81. The van der Waals surface area contributed by atoms with Crippen LogP contribution in [0.15, 0.2) is 18.2 Å². The van der Waals surface area contributed by atoms with Gasteiger partial charge in [-0.15, -0.1) is 5.10 Å². The number of nitrogens with one attached hydrogen (secondary N) is 2. The molecule has 0 saturated heterocycles. The van der Waals surface area contributed by atoms with Gasteiger partial charge in [0, 0.05) is 5.69 Å². The number of aryl methyl sites for hydroxylation is 1. The molecule has 1 aromatic heterocycles. The molecule has 1 aromatic carbocycles. The fourth-order valence-corrected chi connectivity index (χ4v) is 1.29. The topological polar surface area (TPSA) is 96.7 Å². The number of aromatic amines is 1. The lowest BCUT2D eigenvalue weighted by molar-refractivity contribution is 0.101. The lowest BCUT2D eigenvalue weighted by Crippen LogP contribution is -2.14. The van der Waals surface area contributed by atoms with Gasteiger partial charge in [-0.3, -0.25) is 9.89 Å². The normalized spacial score (nSPS) is 10.2. The van der Waals surface area contributed by atoms with Crippen LogP contribution >= 0.6 is 0 Å². The van der Waals surface area contributed by atoms with Crippen LogP contribution in [0.1, 0.15) is 16.2 Å². The lowest BCUT2D eigenvalue weighted by atomic mass is 10.2. The van der Waals surface area contributed by atoms with Gasteiger partial charge in [-0.05, 0) is 24.6 Å². The molecular formula is C10H10FN5O. The molecule has 7 heteroatoms. The van der Waals surface area contributed by atoms with E-state index in [0.717, 1.165) is 5.56 Å². The van der Waals surface area contributed by atoms with E-state index in [2.05, 4.69) is 20.5 Å². The molecule has 6 nitrogen and oxygen atoms in total. The number of hydrogen-bond donors (Lipinski definition) is 3. The van der Waals surface area contributed by atoms with Crippen LogP contribution in [0.25, 0.3) is 0 Å². The summed E-state index contributed by atoms with van der Waals surface area (Å²) in [6.07, 6.45) is 0. The number of hydrogen-bond acceptors (Lipinski definition) is 4. The average Bonchev–Trinajstić information content (AvgIpc) is 2.70. The number of H-pyrrole nitrogens is 1. The zero-order chi connectivity index (χ0) is 12.4. The summed E-state index contributed by atoms with van der Waals surface area (Å²) in [7, 11) is 0. The Morgan fingerprint density at radius 3 is 2.94 bits per heavy atom. The standard InChI is InChI=1S/C10H10FN5O/c1-5-2-3-6(11)4-7(5)13-9(17)8-14-10(12)16-15-8/h2-4H,1H3,(H,13,17)(H3,12,14,15,16). The molecule has 88 valence electrons. The van der Waals surface area contributed by atoms with Crippen molar-refractivity contribution in [2.45, 2.75) is 6.92 Å². The highest BCUT2D eigenvalue weighted by molar-refractivity contribution is 6.02. The van der Waals surface area contributed by atoms with Crippen LogP contribution in [0.4, 0.5) is 16.0 Å². The highest BCUT2D eigenvalue weighted by Crippen LogP contribution is 2.16. The molecule has 0 radical (unpaired) electrons. The van der Waals surface area contributed by atoms with Gasteiger partial charge < -0.3 is 11.1 Å². The number of anilines is 2. The molecule has 0 aliphatic rings. The van der Waals surface area contributed by atoms with Crippen LogP contribution < -0.4 is 11.1 Å². The Morgan fingerprint density at radius 1 is 1.53 bits per heavy atom. The van der Waals surface area contributed by atoms with E-state index in [9.17, 15) is 9.18 Å². The van der Waals surface area contributed by atoms with Gasteiger partial charge in [-0.2, -0.15) is 4.98 Å². The van der Waals surface area contributed by atoms with Crippen molar-refractivity contribution in [3.8, 4) is 0 Å². The van der Waals surface area contributed by atoms with E-state index >= 15 is 0 Å². The van der Waals surface area contributed by atoms with Gasteiger partial charge in [0.1, 0.15) is 5.82 Å². The predicted octanol–water partition coefficient (Wildman–Crippen LogP) is 1.09. The third kappa shape index (κ3) is 2.39. The Morgan fingerprint density at radius 2 is 2.29 bits per heavy atom. The number of benzene rings is 1. The number of nitrogen functional groups attached to an aromatic ring is 1. The number of nitrogens with two attached hydrogens (primary N) is 1. The molecule has 0 saturated carbocycles. The number of aromatic nitrogens is 3. The molecule has 0 spiro atoms. The van der Waals surface area contributed by atoms with Crippen LogP contribution in [0.5, 0.6) is 0 Å². The first-order chi connectivity index (χ1) is 8.06. The predicted molar refractivity (Wildman–Crippen MR) is 59.9 cm³/mol. The van der Waals surface area contributed by atoms with Crippen LogP contribution in [-0.4, -0.2) is 21.1 Å². The summed E-state index contributed by atoms with van der Waals surface area (Å²) in [5.41, 5.74) is 6.39. The Balaban J connectivity index is 2.21. The SMILES string of the molecule is Cc1ccc(F)cc1NC(=O)c1nc(N)n[nH]1. The Kier molecular flexibility index (Phi) is 2.73. The van der Waals surface area contributed by atoms with E-state index in [-0.39, 0.29) is 11.8 Å². The number of rotatable bonds is 2. The molecule has 1 heterocycles. The van der Waals surface area contributed by atoms with Gasteiger partial charge >= 0.3 is 0 Å². The molecule has 2 aromatic rings. The van der Waals surface area contributed by atoms with Crippen molar-refractivity contribution >= 4 is 17.5 Å².